The number of nitrogens with zero attached hydrogens (tertiary/aromatic N) is 3. The van der Waals surface area contributed by atoms with E-state index < -0.39 is 23.6 Å². The van der Waals surface area contributed by atoms with Crippen LogP contribution in [-0.4, -0.2) is 29.0 Å². The van der Waals surface area contributed by atoms with Gasteiger partial charge in [0.25, 0.3) is 0 Å². The topological polar surface area (TPSA) is 58.1 Å². The van der Waals surface area contributed by atoms with Crippen molar-refractivity contribution in [3.63, 3.8) is 0 Å². The fourth-order valence-corrected chi connectivity index (χ4v) is 3.60. The van der Waals surface area contributed by atoms with Gasteiger partial charge in [0.05, 0.1) is 17.0 Å². The van der Waals surface area contributed by atoms with Gasteiger partial charge in [0, 0.05) is 18.8 Å². The Bertz CT molecular complexity index is 1090. The highest BCUT2D eigenvalue weighted by Gasteiger charge is 2.40. The number of benzene rings is 2. The van der Waals surface area contributed by atoms with E-state index in [1.54, 1.807) is 24.3 Å². The molecular formula is C21H18F4N4O. The van der Waals surface area contributed by atoms with Gasteiger partial charge in [-0.2, -0.15) is 13.2 Å². The van der Waals surface area contributed by atoms with Crippen molar-refractivity contribution in [2.45, 2.75) is 19.0 Å². The highest BCUT2D eigenvalue weighted by molar-refractivity contribution is 5.93. The summed E-state index contributed by atoms with van der Waals surface area (Å²) in [6.07, 6.45) is -3.64. The smallest absolute Gasteiger partial charge is 0.354 e. The maximum Gasteiger partial charge on any atom is 0.437 e. The third-order valence-electron chi connectivity index (χ3n) is 5.00. The molecule has 1 aliphatic rings. The molecule has 2 heterocycles. The van der Waals surface area contributed by atoms with Gasteiger partial charge in [-0.1, -0.05) is 18.2 Å². The summed E-state index contributed by atoms with van der Waals surface area (Å²) in [6.45, 7) is 0.400. The second kappa shape index (κ2) is 7.89. The minimum atomic E-state index is -4.68. The molecule has 0 spiro atoms. The van der Waals surface area contributed by atoms with Crippen LogP contribution in [0.5, 0.6) is 0 Å². The summed E-state index contributed by atoms with van der Waals surface area (Å²) in [5.74, 6) is -1.69. The number of carbonyl (C=O) groups is 1. The van der Waals surface area contributed by atoms with Crippen LogP contribution >= 0.6 is 0 Å². The molecule has 0 saturated carbocycles. The zero-order valence-corrected chi connectivity index (χ0v) is 15.8. The number of hydrogen-bond acceptors (Lipinski definition) is 4. The number of aromatic nitrogens is 2. The first-order chi connectivity index (χ1) is 14.3. The van der Waals surface area contributed by atoms with Crippen LogP contribution in [0.25, 0.3) is 11.0 Å². The van der Waals surface area contributed by atoms with E-state index in [-0.39, 0.29) is 23.8 Å². The molecule has 1 aromatic heterocycles. The van der Waals surface area contributed by atoms with Crippen LogP contribution in [0.3, 0.4) is 0 Å². The van der Waals surface area contributed by atoms with E-state index in [4.69, 9.17) is 0 Å². The monoisotopic (exact) mass is 418 g/mol. The van der Waals surface area contributed by atoms with Gasteiger partial charge < -0.3 is 10.2 Å². The zero-order valence-electron chi connectivity index (χ0n) is 15.8. The number of anilines is 2. The van der Waals surface area contributed by atoms with Crippen LogP contribution < -0.4 is 10.2 Å². The van der Waals surface area contributed by atoms with Crippen molar-refractivity contribution in [3.05, 3.63) is 60.0 Å². The van der Waals surface area contributed by atoms with E-state index in [9.17, 15) is 22.4 Å². The molecule has 1 aliphatic heterocycles. The number of carbonyl (C=O) groups excluding carboxylic acids is 1. The van der Waals surface area contributed by atoms with Gasteiger partial charge in [-0.25, -0.2) is 14.4 Å². The lowest BCUT2D eigenvalue weighted by Crippen LogP contribution is -2.42. The first kappa shape index (κ1) is 20.1. The summed E-state index contributed by atoms with van der Waals surface area (Å²) >= 11 is 0. The van der Waals surface area contributed by atoms with Crippen molar-refractivity contribution in [1.82, 2.24) is 9.97 Å². The molecule has 156 valence electrons. The lowest BCUT2D eigenvalue weighted by Gasteiger charge is -2.34. The van der Waals surface area contributed by atoms with Gasteiger partial charge in [0.1, 0.15) is 5.82 Å². The molecule has 1 fully saturated rings. The Morgan fingerprint density at radius 3 is 2.50 bits per heavy atom. The number of fused-ring (bicyclic) bond motifs is 1. The molecule has 1 atom stereocenters. The van der Waals surface area contributed by atoms with Gasteiger partial charge in [-0.3, -0.25) is 4.79 Å². The molecule has 0 aliphatic carbocycles. The third-order valence-corrected chi connectivity index (χ3v) is 5.00. The number of rotatable bonds is 3. The predicted octanol–water partition coefficient (Wildman–Crippen LogP) is 4.64. The van der Waals surface area contributed by atoms with E-state index in [0.717, 1.165) is 0 Å². The summed E-state index contributed by atoms with van der Waals surface area (Å²) in [5.41, 5.74) is -0.246. The highest BCUT2D eigenvalue weighted by Crippen LogP contribution is 2.36. The summed E-state index contributed by atoms with van der Waals surface area (Å²) in [5, 5.41) is 2.64. The zero-order chi connectivity index (χ0) is 21.3. The van der Waals surface area contributed by atoms with Crippen LogP contribution in [0.1, 0.15) is 18.5 Å². The lowest BCUT2D eigenvalue weighted by molar-refractivity contribution is -0.140. The fourth-order valence-electron chi connectivity index (χ4n) is 3.60. The van der Waals surface area contributed by atoms with Crippen LogP contribution in [0.2, 0.25) is 0 Å². The summed E-state index contributed by atoms with van der Waals surface area (Å²) in [7, 11) is 0. The number of nitrogens with one attached hydrogen (secondary N) is 1. The Hall–Kier alpha value is -3.23. The highest BCUT2D eigenvalue weighted by atomic mass is 19.4. The number of alkyl halides is 3. The van der Waals surface area contributed by atoms with Gasteiger partial charge in [-0.15, -0.1) is 0 Å². The van der Waals surface area contributed by atoms with Crippen molar-refractivity contribution in [2.75, 3.05) is 23.3 Å². The van der Waals surface area contributed by atoms with E-state index in [1.807, 2.05) is 0 Å². The molecule has 3 aromatic rings. The molecule has 2 aromatic carbocycles. The van der Waals surface area contributed by atoms with E-state index in [1.165, 1.54) is 29.2 Å². The van der Waals surface area contributed by atoms with Crippen molar-refractivity contribution >= 4 is 28.4 Å². The van der Waals surface area contributed by atoms with Gasteiger partial charge in [0.2, 0.25) is 5.91 Å². The quantitative estimate of drug-likeness (QED) is 0.630. The Morgan fingerprint density at radius 1 is 1.07 bits per heavy atom. The molecule has 1 unspecified atom stereocenters. The van der Waals surface area contributed by atoms with Crippen molar-refractivity contribution in [2.24, 2.45) is 5.92 Å². The molecule has 9 heteroatoms. The first-order valence-corrected chi connectivity index (χ1v) is 9.46. The van der Waals surface area contributed by atoms with Crippen LogP contribution in [0, 0.1) is 11.7 Å². The molecule has 1 saturated heterocycles. The number of para-hydroxylation sites is 2. The SMILES string of the molecule is O=C(Nc1cccc(F)c1)C1CCCN(c2nc3ccccc3nc2C(F)(F)F)C1. The van der Waals surface area contributed by atoms with Crippen LogP contribution in [-0.2, 0) is 11.0 Å². The molecule has 1 amide bonds. The Morgan fingerprint density at radius 2 is 1.80 bits per heavy atom. The second-order valence-electron chi connectivity index (χ2n) is 7.17. The van der Waals surface area contributed by atoms with Crippen molar-refractivity contribution in [3.8, 4) is 0 Å². The first-order valence-electron chi connectivity index (χ1n) is 9.46. The van der Waals surface area contributed by atoms with Gasteiger partial charge in [0.15, 0.2) is 11.5 Å². The average Bonchev–Trinajstić information content (AvgIpc) is 2.72. The Balaban J connectivity index is 1.61. The van der Waals surface area contributed by atoms with Crippen molar-refractivity contribution in [1.29, 1.82) is 0 Å². The van der Waals surface area contributed by atoms with Gasteiger partial charge >= 0.3 is 6.18 Å². The predicted molar refractivity (Wildman–Crippen MR) is 105 cm³/mol. The molecule has 5 nitrogen and oxygen atoms in total. The Kier molecular flexibility index (Phi) is 5.27. The maximum atomic E-state index is 13.7. The summed E-state index contributed by atoms with van der Waals surface area (Å²) < 4.78 is 54.4. The largest absolute Gasteiger partial charge is 0.437 e. The normalized spacial score (nSPS) is 17.2. The fraction of sp³-hybridized carbons (Fsp3) is 0.286. The minimum Gasteiger partial charge on any atom is -0.354 e. The number of amides is 1. The Labute approximate surface area is 169 Å². The van der Waals surface area contributed by atoms with Crippen molar-refractivity contribution < 1.29 is 22.4 Å². The molecule has 0 radical (unpaired) electrons. The van der Waals surface area contributed by atoms with Gasteiger partial charge in [-0.05, 0) is 43.2 Å². The number of halogens is 4. The number of piperidine rings is 1. The molecule has 4 rings (SSSR count). The molecular weight excluding hydrogens is 400 g/mol. The minimum absolute atomic E-state index is 0.0667. The second-order valence-corrected chi connectivity index (χ2v) is 7.17. The third kappa shape index (κ3) is 4.19. The lowest BCUT2D eigenvalue weighted by atomic mass is 9.96. The average molecular weight is 418 g/mol. The standard InChI is InChI=1S/C21H18F4N4O/c22-14-6-3-7-15(11-14)26-20(30)13-5-4-10-29(12-13)19-18(21(23,24)25)27-16-8-1-2-9-17(16)28-19/h1-3,6-9,11,13H,4-5,10,12H2,(H,26,30). The molecule has 1 N–H and O–H groups in total. The maximum absolute atomic E-state index is 13.7. The summed E-state index contributed by atoms with van der Waals surface area (Å²) in [6, 6.07) is 11.8. The summed E-state index contributed by atoms with van der Waals surface area (Å²) in [4.78, 5) is 22.1. The molecule has 0 bridgehead atoms. The van der Waals surface area contributed by atoms with Crippen LogP contribution in [0.15, 0.2) is 48.5 Å². The van der Waals surface area contributed by atoms with E-state index in [2.05, 4.69) is 15.3 Å². The van der Waals surface area contributed by atoms with E-state index >= 15 is 0 Å². The molecule has 30 heavy (non-hydrogen) atoms. The number of hydrogen-bond donors (Lipinski definition) is 1. The van der Waals surface area contributed by atoms with E-state index in [0.29, 0.717) is 30.6 Å². The van der Waals surface area contributed by atoms with Crippen LogP contribution in [0.4, 0.5) is 29.1 Å².